The first-order valence-corrected chi connectivity index (χ1v) is 8.07. The minimum atomic E-state index is 0.635. The number of nitrogens with zero attached hydrogens (tertiary/aromatic N) is 2. The van der Waals surface area contributed by atoms with E-state index in [2.05, 4.69) is 46.1 Å². The molecular weight excluding hydrogens is 312 g/mol. The molecule has 1 aromatic heterocycles. The van der Waals surface area contributed by atoms with Gasteiger partial charge in [0.15, 0.2) is 0 Å². The fourth-order valence-corrected chi connectivity index (χ4v) is 2.91. The molecule has 5 heteroatoms. The molecule has 0 spiro atoms. The van der Waals surface area contributed by atoms with Crippen LogP contribution in [0.1, 0.15) is 5.56 Å². The van der Waals surface area contributed by atoms with Gasteiger partial charge in [0, 0.05) is 24.6 Å². The molecule has 0 radical (unpaired) electrons. The van der Waals surface area contributed by atoms with Crippen LogP contribution in [-0.4, -0.2) is 14.8 Å². The summed E-state index contributed by atoms with van der Waals surface area (Å²) in [5, 5.41) is 15.3. The smallest absolute Gasteiger partial charge is 0.0992 e. The molecule has 3 N–H and O–H groups in total. The number of hydrogen-bond donors (Lipinski definition) is 3. The Kier molecular flexibility index (Phi) is 4.06. The van der Waals surface area contributed by atoms with E-state index in [1.165, 1.54) is 10.8 Å². The predicted molar refractivity (Wildman–Crippen MR) is 100 cm³/mol. The molecule has 4 aromatic rings. The average molecular weight is 330 g/mol. The van der Waals surface area contributed by atoms with Crippen molar-refractivity contribution >= 4 is 22.1 Å². The highest BCUT2D eigenvalue weighted by Crippen LogP contribution is 2.23. The molecule has 4 rings (SSSR count). The van der Waals surface area contributed by atoms with Crippen molar-refractivity contribution in [3.8, 4) is 5.69 Å². The van der Waals surface area contributed by atoms with Crippen molar-refractivity contribution in [2.45, 2.75) is 6.54 Å². The number of fused-ring (bicyclic) bond motifs is 1. The minimum absolute atomic E-state index is 0.635. The topological polar surface area (TPSA) is 62.1 Å². The Morgan fingerprint density at radius 3 is 2.64 bits per heavy atom. The van der Waals surface area contributed by atoms with Crippen LogP contribution in [0.4, 0.5) is 11.4 Å². The lowest BCUT2D eigenvalue weighted by Crippen LogP contribution is -2.03. The Hall–Kier alpha value is -3.31. The van der Waals surface area contributed by atoms with Crippen LogP contribution in [0.3, 0.4) is 0 Å². The molecule has 0 fully saturated rings. The summed E-state index contributed by atoms with van der Waals surface area (Å²) in [5.41, 5.74) is 5.88. The van der Waals surface area contributed by atoms with Crippen LogP contribution < -0.4 is 10.8 Å². The molecule has 0 bridgehead atoms. The van der Waals surface area contributed by atoms with Gasteiger partial charge in [-0.3, -0.25) is 10.7 Å². The second-order valence-corrected chi connectivity index (χ2v) is 5.85. The lowest BCUT2D eigenvalue weighted by molar-refractivity contribution is 0.388. The number of aromatic nitrogens is 2. The van der Waals surface area contributed by atoms with E-state index < -0.39 is 0 Å². The van der Waals surface area contributed by atoms with Crippen molar-refractivity contribution in [1.29, 1.82) is 0 Å². The molecule has 1 heterocycles. The monoisotopic (exact) mass is 330 g/mol. The van der Waals surface area contributed by atoms with E-state index in [4.69, 9.17) is 0 Å². The highest BCUT2D eigenvalue weighted by atomic mass is 16.5. The van der Waals surface area contributed by atoms with Crippen LogP contribution in [0.2, 0.25) is 0 Å². The second-order valence-electron chi connectivity index (χ2n) is 5.85. The van der Waals surface area contributed by atoms with Crippen molar-refractivity contribution in [1.82, 2.24) is 9.55 Å². The Morgan fingerprint density at radius 2 is 1.84 bits per heavy atom. The van der Waals surface area contributed by atoms with Gasteiger partial charge in [0.25, 0.3) is 0 Å². The molecule has 0 unspecified atom stereocenters. The number of rotatable bonds is 5. The highest BCUT2D eigenvalue weighted by Gasteiger charge is 2.05. The van der Waals surface area contributed by atoms with E-state index in [1.807, 2.05) is 41.1 Å². The van der Waals surface area contributed by atoms with Gasteiger partial charge in [0.05, 0.1) is 17.7 Å². The minimum Gasteiger partial charge on any atom is -0.381 e. The Labute approximate surface area is 145 Å². The van der Waals surface area contributed by atoms with Gasteiger partial charge in [-0.1, -0.05) is 36.4 Å². The Morgan fingerprint density at radius 1 is 0.960 bits per heavy atom. The van der Waals surface area contributed by atoms with Crippen LogP contribution >= 0.6 is 0 Å². The fourth-order valence-electron chi connectivity index (χ4n) is 2.91. The van der Waals surface area contributed by atoms with Gasteiger partial charge >= 0.3 is 0 Å². The van der Waals surface area contributed by atoms with Gasteiger partial charge in [-0.25, -0.2) is 4.98 Å². The molecule has 25 heavy (non-hydrogen) atoms. The van der Waals surface area contributed by atoms with Crippen LogP contribution in [0.5, 0.6) is 0 Å². The summed E-state index contributed by atoms with van der Waals surface area (Å²) < 4.78 is 1.85. The van der Waals surface area contributed by atoms with E-state index in [1.54, 1.807) is 12.5 Å². The molecule has 0 aliphatic rings. The average Bonchev–Trinajstić information content (AvgIpc) is 3.20. The number of benzene rings is 3. The summed E-state index contributed by atoms with van der Waals surface area (Å²) >= 11 is 0. The summed E-state index contributed by atoms with van der Waals surface area (Å²) in [6.45, 7) is 0.664. The van der Waals surface area contributed by atoms with Crippen LogP contribution in [0.15, 0.2) is 79.4 Å². The lowest BCUT2D eigenvalue weighted by Gasteiger charge is -2.12. The fraction of sp³-hybridized carbons (Fsp3) is 0.0500. The van der Waals surface area contributed by atoms with Gasteiger partial charge in [-0.15, -0.1) is 0 Å². The summed E-state index contributed by atoms with van der Waals surface area (Å²) in [6, 6.07) is 20.5. The first kappa shape index (κ1) is 15.2. The summed E-state index contributed by atoms with van der Waals surface area (Å²) in [5.74, 6) is 0. The maximum absolute atomic E-state index is 9.44. The third-order valence-corrected chi connectivity index (χ3v) is 4.21. The van der Waals surface area contributed by atoms with Crippen LogP contribution in [0, 0.1) is 0 Å². The normalized spacial score (nSPS) is 10.8. The van der Waals surface area contributed by atoms with Gasteiger partial charge in [-0.05, 0) is 40.6 Å². The largest absolute Gasteiger partial charge is 0.381 e. The molecule has 0 aliphatic heterocycles. The molecule has 0 amide bonds. The number of hydrogen-bond acceptors (Lipinski definition) is 4. The third kappa shape index (κ3) is 3.18. The van der Waals surface area contributed by atoms with Crippen molar-refractivity contribution in [3.05, 3.63) is 84.9 Å². The number of nitrogens with one attached hydrogen (secondary N) is 2. The van der Waals surface area contributed by atoms with Crippen LogP contribution in [-0.2, 0) is 6.54 Å². The first-order valence-electron chi connectivity index (χ1n) is 8.07. The molecule has 3 aromatic carbocycles. The van der Waals surface area contributed by atoms with E-state index in [9.17, 15) is 5.21 Å². The maximum atomic E-state index is 9.44. The Bertz CT molecular complexity index is 996. The first-order chi connectivity index (χ1) is 12.3. The van der Waals surface area contributed by atoms with Crippen molar-refractivity contribution in [3.63, 3.8) is 0 Å². The van der Waals surface area contributed by atoms with Crippen molar-refractivity contribution in [2.24, 2.45) is 0 Å². The number of anilines is 2. The number of imidazole rings is 1. The van der Waals surface area contributed by atoms with Gasteiger partial charge in [0.2, 0.25) is 0 Å². The zero-order chi connectivity index (χ0) is 17.1. The molecule has 0 saturated heterocycles. The van der Waals surface area contributed by atoms with Crippen LogP contribution in [0.25, 0.3) is 16.5 Å². The standard InChI is InChI=1S/C20H18N4O/c25-23-19-11-15(5-8-20(19)24-10-9-21-14-24)13-22-18-7-6-16-3-1-2-4-17(16)12-18/h1-12,14,22-23,25H,13H2. The van der Waals surface area contributed by atoms with E-state index in [0.717, 1.165) is 16.9 Å². The molecule has 0 atom stereocenters. The lowest BCUT2D eigenvalue weighted by atomic mass is 10.1. The zero-order valence-corrected chi connectivity index (χ0v) is 13.6. The molecule has 0 aliphatic carbocycles. The SMILES string of the molecule is ONc1cc(CNc2ccc3ccccc3c2)ccc1-n1ccnc1. The van der Waals surface area contributed by atoms with Gasteiger partial charge in [0.1, 0.15) is 0 Å². The highest BCUT2D eigenvalue weighted by molar-refractivity contribution is 5.85. The zero-order valence-electron chi connectivity index (χ0n) is 13.6. The summed E-state index contributed by atoms with van der Waals surface area (Å²) in [4.78, 5) is 4.04. The van der Waals surface area contributed by atoms with Gasteiger partial charge in [-0.2, -0.15) is 0 Å². The quantitative estimate of drug-likeness (QED) is 0.473. The second kappa shape index (κ2) is 6.67. The van der Waals surface area contributed by atoms with Gasteiger partial charge < -0.3 is 9.88 Å². The summed E-state index contributed by atoms with van der Waals surface area (Å²) in [6.07, 6.45) is 5.24. The van der Waals surface area contributed by atoms with Crippen molar-refractivity contribution < 1.29 is 5.21 Å². The molecule has 0 saturated carbocycles. The molecule has 5 nitrogen and oxygen atoms in total. The van der Waals surface area contributed by atoms with E-state index >= 15 is 0 Å². The maximum Gasteiger partial charge on any atom is 0.0992 e. The predicted octanol–water partition coefficient (Wildman–Crippen LogP) is 4.44. The Balaban J connectivity index is 1.54. The molecule has 124 valence electrons. The van der Waals surface area contributed by atoms with E-state index in [0.29, 0.717) is 12.2 Å². The van der Waals surface area contributed by atoms with E-state index in [-0.39, 0.29) is 0 Å². The summed E-state index contributed by atoms with van der Waals surface area (Å²) in [7, 11) is 0. The third-order valence-electron chi connectivity index (χ3n) is 4.21. The molecular formula is C20H18N4O. The van der Waals surface area contributed by atoms with Crippen molar-refractivity contribution in [2.75, 3.05) is 10.8 Å².